The monoisotopic (exact) mass is 413 g/mol. The minimum atomic E-state index is -0.513. The molecule has 11 nitrogen and oxygen atoms in total. The molecule has 11 heteroatoms. The topological polar surface area (TPSA) is 147 Å². The summed E-state index contributed by atoms with van der Waals surface area (Å²) in [5.74, 6) is 1.72. The van der Waals surface area contributed by atoms with Crippen LogP contribution < -0.4 is 16.1 Å². The van der Waals surface area contributed by atoms with Gasteiger partial charge in [0.05, 0.1) is 5.69 Å². The highest BCUT2D eigenvalue weighted by Crippen LogP contribution is 2.22. The number of urea groups is 1. The van der Waals surface area contributed by atoms with Gasteiger partial charge in [-0.05, 0) is 45.4 Å². The predicted octanol–water partition coefficient (Wildman–Crippen LogP) is 2.25. The van der Waals surface area contributed by atoms with Gasteiger partial charge in [0.2, 0.25) is 5.91 Å². The van der Waals surface area contributed by atoms with Crippen molar-refractivity contribution in [3.05, 3.63) is 41.4 Å². The zero-order valence-electron chi connectivity index (χ0n) is 16.9. The maximum absolute atomic E-state index is 12.2. The number of aromatic nitrogens is 4. The Labute approximate surface area is 172 Å². The van der Waals surface area contributed by atoms with Gasteiger partial charge in [-0.25, -0.2) is 24.9 Å². The predicted molar refractivity (Wildman–Crippen MR) is 107 cm³/mol. The minimum Gasteiger partial charge on any atom is -0.458 e. The van der Waals surface area contributed by atoms with E-state index in [2.05, 4.69) is 25.7 Å². The minimum absolute atomic E-state index is 0.0916. The lowest BCUT2D eigenvalue weighted by atomic mass is 10.3. The molecular weight excluding hydrogens is 390 g/mol. The van der Waals surface area contributed by atoms with E-state index in [1.165, 1.54) is 0 Å². The lowest BCUT2D eigenvalue weighted by Gasteiger charge is -2.10. The van der Waals surface area contributed by atoms with Crippen LogP contribution in [0.1, 0.15) is 30.0 Å². The largest absolute Gasteiger partial charge is 0.458 e. The van der Waals surface area contributed by atoms with E-state index in [1.807, 2.05) is 26.8 Å². The number of nitrogens with zero attached hydrogens (tertiary/aromatic N) is 4. The van der Waals surface area contributed by atoms with E-state index in [0.29, 0.717) is 29.6 Å². The van der Waals surface area contributed by atoms with Crippen LogP contribution in [0.15, 0.2) is 28.7 Å². The summed E-state index contributed by atoms with van der Waals surface area (Å²) in [6.07, 6.45) is 0.464. The molecule has 0 aromatic carbocycles. The number of rotatable bonds is 7. The van der Waals surface area contributed by atoms with Gasteiger partial charge >= 0.3 is 6.03 Å². The Morgan fingerprint density at radius 1 is 1.17 bits per heavy atom. The van der Waals surface area contributed by atoms with Crippen molar-refractivity contribution in [3.63, 3.8) is 0 Å². The molecule has 0 atom stereocenters. The highest BCUT2D eigenvalue weighted by molar-refractivity contribution is 5.88. The zero-order chi connectivity index (χ0) is 21.7. The SMILES string of the molecule is Cc1cc(C)n(-c2cc(NC(=O)NCCCC(=O)NO)nc(-c3ccc(C)o3)n2)n1. The molecule has 0 fully saturated rings. The Kier molecular flexibility index (Phi) is 6.42. The van der Waals surface area contributed by atoms with Crippen LogP contribution in [0.5, 0.6) is 0 Å². The smallest absolute Gasteiger partial charge is 0.320 e. The summed E-state index contributed by atoms with van der Waals surface area (Å²) in [4.78, 5) is 32.1. The molecule has 158 valence electrons. The molecule has 0 aliphatic carbocycles. The second kappa shape index (κ2) is 9.18. The van der Waals surface area contributed by atoms with Crippen molar-refractivity contribution in [1.82, 2.24) is 30.5 Å². The van der Waals surface area contributed by atoms with Crippen molar-refractivity contribution < 1.29 is 19.2 Å². The van der Waals surface area contributed by atoms with Gasteiger partial charge in [0, 0.05) is 24.7 Å². The second-order valence-corrected chi connectivity index (χ2v) is 6.70. The van der Waals surface area contributed by atoms with Crippen molar-refractivity contribution in [1.29, 1.82) is 0 Å². The van der Waals surface area contributed by atoms with E-state index in [-0.39, 0.29) is 18.8 Å². The lowest BCUT2D eigenvalue weighted by Crippen LogP contribution is -2.31. The molecule has 3 amide bonds. The molecule has 0 saturated carbocycles. The number of hydrogen-bond donors (Lipinski definition) is 4. The molecule has 0 aliphatic heterocycles. The Bertz CT molecular complexity index is 1060. The average molecular weight is 413 g/mol. The van der Waals surface area contributed by atoms with Gasteiger partial charge in [-0.1, -0.05) is 0 Å². The van der Waals surface area contributed by atoms with Crippen LogP contribution in [-0.2, 0) is 4.79 Å². The van der Waals surface area contributed by atoms with Crippen LogP contribution in [0.3, 0.4) is 0 Å². The average Bonchev–Trinajstić information content (AvgIpc) is 3.29. The molecule has 4 N–H and O–H groups in total. The van der Waals surface area contributed by atoms with Crippen molar-refractivity contribution in [3.8, 4) is 17.4 Å². The molecule has 0 spiro atoms. The number of nitrogens with one attached hydrogen (secondary N) is 3. The van der Waals surface area contributed by atoms with Crippen LogP contribution >= 0.6 is 0 Å². The summed E-state index contributed by atoms with van der Waals surface area (Å²) in [7, 11) is 0. The number of anilines is 1. The van der Waals surface area contributed by atoms with Crippen LogP contribution in [0.4, 0.5) is 10.6 Å². The fourth-order valence-corrected chi connectivity index (χ4v) is 2.80. The molecule has 3 rings (SSSR count). The maximum Gasteiger partial charge on any atom is 0.320 e. The molecule has 3 aromatic heterocycles. The highest BCUT2D eigenvalue weighted by atomic mass is 16.5. The van der Waals surface area contributed by atoms with Crippen molar-refractivity contribution >= 4 is 17.8 Å². The van der Waals surface area contributed by atoms with E-state index in [4.69, 9.17) is 9.62 Å². The first-order valence-electron chi connectivity index (χ1n) is 9.33. The van der Waals surface area contributed by atoms with Crippen molar-refractivity contribution in [2.24, 2.45) is 0 Å². The van der Waals surface area contributed by atoms with E-state index < -0.39 is 11.9 Å². The first-order valence-corrected chi connectivity index (χ1v) is 9.33. The van der Waals surface area contributed by atoms with Gasteiger partial charge in [0.25, 0.3) is 0 Å². The molecule has 30 heavy (non-hydrogen) atoms. The number of aryl methyl sites for hydroxylation is 3. The van der Waals surface area contributed by atoms with Gasteiger partial charge in [-0.2, -0.15) is 5.10 Å². The molecule has 0 aliphatic rings. The van der Waals surface area contributed by atoms with Crippen LogP contribution in [-0.4, -0.2) is 43.4 Å². The number of carbonyl (C=O) groups is 2. The molecule has 0 bridgehead atoms. The van der Waals surface area contributed by atoms with Gasteiger partial charge in [-0.3, -0.25) is 15.3 Å². The summed E-state index contributed by atoms with van der Waals surface area (Å²) in [5, 5.41) is 18.2. The third-order valence-corrected chi connectivity index (χ3v) is 4.13. The number of furan rings is 1. The van der Waals surface area contributed by atoms with Crippen LogP contribution in [0.25, 0.3) is 17.4 Å². The summed E-state index contributed by atoms with van der Waals surface area (Å²) >= 11 is 0. The molecule has 3 aromatic rings. The summed E-state index contributed by atoms with van der Waals surface area (Å²) in [5.41, 5.74) is 3.26. The standard InChI is InChI=1S/C19H23N7O4/c1-11-9-12(2)26(24-11)16-10-15(21-18(23-16)14-7-6-13(3)30-14)22-19(28)20-8-4-5-17(27)25-29/h6-7,9-10,29H,4-5,8H2,1-3H3,(H,25,27)(H2,20,21,22,23,28). The third-order valence-electron chi connectivity index (χ3n) is 4.13. The molecule has 0 saturated heterocycles. The lowest BCUT2D eigenvalue weighted by molar-refractivity contribution is -0.129. The first-order chi connectivity index (χ1) is 14.4. The maximum atomic E-state index is 12.2. The van der Waals surface area contributed by atoms with Crippen LogP contribution in [0, 0.1) is 20.8 Å². The van der Waals surface area contributed by atoms with E-state index >= 15 is 0 Å². The molecule has 0 unspecified atom stereocenters. The number of hydrogen-bond acceptors (Lipinski definition) is 7. The van der Waals surface area contributed by atoms with Crippen molar-refractivity contribution in [2.75, 3.05) is 11.9 Å². The fraction of sp³-hybridized carbons (Fsp3) is 0.316. The Balaban J connectivity index is 1.81. The summed E-state index contributed by atoms with van der Waals surface area (Å²) in [6, 6.07) is 6.60. The number of hydroxylamine groups is 1. The number of amides is 3. The Morgan fingerprint density at radius 3 is 2.60 bits per heavy atom. The van der Waals surface area contributed by atoms with E-state index in [1.54, 1.807) is 28.4 Å². The van der Waals surface area contributed by atoms with Gasteiger partial charge < -0.3 is 9.73 Å². The van der Waals surface area contributed by atoms with Crippen LogP contribution in [0.2, 0.25) is 0 Å². The van der Waals surface area contributed by atoms with E-state index in [0.717, 1.165) is 11.4 Å². The first kappa shape index (κ1) is 21.0. The fourth-order valence-electron chi connectivity index (χ4n) is 2.80. The van der Waals surface area contributed by atoms with E-state index in [9.17, 15) is 9.59 Å². The van der Waals surface area contributed by atoms with Gasteiger partial charge in [0.15, 0.2) is 17.4 Å². The van der Waals surface area contributed by atoms with Gasteiger partial charge in [-0.15, -0.1) is 0 Å². The quantitative estimate of drug-likeness (QED) is 0.264. The molecular formula is C19H23N7O4. The Morgan fingerprint density at radius 2 is 1.97 bits per heavy atom. The number of carbonyl (C=O) groups excluding carboxylic acids is 2. The second-order valence-electron chi connectivity index (χ2n) is 6.70. The van der Waals surface area contributed by atoms with Crippen molar-refractivity contribution in [2.45, 2.75) is 33.6 Å². The summed E-state index contributed by atoms with van der Waals surface area (Å²) < 4.78 is 7.29. The Hall–Kier alpha value is -3.73. The molecule has 3 heterocycles. The third kappa shape index (κ3) is 5.20. The highest BCUT2D eigenvalue weighted by Gasteiger charge is 2.15. The van der Waals surface area contributed by atoms with Gasteiger partial charge in [0.1, 0.15) is 11.6 Å². The summed E-state index contributed by atoms with van der Waals surface area (Å²) in [6.45, 7) is 5.85. The molecule has 0 radical (unpaired) electrons. The zero-order valence-corrected chi connectivity index (χ0v) is 16.9. The normalized spacial score (nSPS) is 10.7.